The van der Waals surface area contributed by atoms with Gasteiger partial charge in [0.25, 0.3) is 0 Å². The van der Waals surface area contributed by atoms with Gasteiger partial charge in [0.05, 0.1) is 106 Å². The molecule has 120 heavy (non-hydrogen) atoms. The molecule has 10 aliphatic rings. The van der Waals surface area contributed by atoms with E-state index in [-0.39, 0.29) is 120 Å². The van der Waals surface area contributed by atoms with Crippen molar-refractivity contribution in [3.05, 3.63) is 197 Å². The lowest BCUT2D eigenvalue weighted by Gasteiger charge is -2.47. The zero-order chi connectivity index (χ0) is 85.3. The van der Waals surface area contributed by atoms with Crippen molar-refractivity contribution in [1.29, 1.82) is 0 Å². The summed E-state index contributed by atoms with van der Waals surface area (Å²) in [5, 5.41) is 53.4. The molecule has 5 aliphatic heterocycles. The SMILES string of the molecule is C.C.C/C(=C\c1cc(F)c(C)cc1F)C1(O)CCC2(CC1)OCCO2.C=C(C)C1(O)CCC2(CC1)OCCO2.COc1cc(F)c(Br)cc1F.Cc1cc(F)c(CC(C)C2(O)CCC3(CC2)OCCO3)cc1F.Cc1cc(F)c(CC(C)C2(O)CCC3(CC2O)OCCO3)cc1F.Cc1cc(F)c(CC(C)C2=CCC3(CC2)OCCO3)cc1F.I. The van der Waals surface area contributed by atoms with E-state index in [9.17, 15) is 69.4 Å². The predicted molar refractivity (Wildman–Crippen MR) is 451 cm³/mol. The molecule has 5 aromatic rings. The maximum absolute atomic E-state index is 14.1. The summed E-state index contributed by atoms with van der Waals surface area (Å²) in [4.78, 5) is 0. The van der Waals surface area contributed by atoms with Gasteiger partial charge in [0.1, 0.15) is 52.4 Å². The molecule has 5 N–H and O–H groups in total. The molecule has 9 fully saturated rings. The highest BCUT2D eigenvalue weighted by Gasteiger charge is 2.54. The number of aryl methyl sites for hydroxylation is 4. The number of allylic oxidation sites excluding steroid dienone is 1. The van der Waals surface area contributed by atoms with Crippen LogP contribution >= 0.6 is 39.9 Å². The minimum absolute atomic E-state index is 0. The summed E-state index contributed by atoms with van der Waals surface area (Å²) < 4.78 is 197. The number of aliphatic hydroxyl groups is 5. The summed E-state index contributed by atoms with van der Waals surface area (Å²) in [5.74, 6) is -7.73. The summed E-state index contributed by atoms with van der Waals surface area (Å²) in [6.07, 6.45) is 14.5. The van der Waals surface area contributed by atoms with E-state index >= 15 is 0 Å². The fourth-order valence-electron chi connectivity index (χ4n) is 17.1. The summed E-state index contributed by atoms with van der Waals surface area (Å²) >= 11 is 2.84. The molecule has 0 bridgehead atoms. The number of hydrogen-bond donors (Lipinski definition) is 5. The predicted octanol–water partition coefficient (Wildman–Crippen LogP) is 20.2. The van der Waals surface area contributed by atoms with Crippen LogP contribution in [0, 0.1) is 104 Å². The molecule has 0 aromatic heterocycles. The molecule has 28 heteroatoms. The van der Waals surface area contributed by atoms with Crippen LogP contribution in [0.4, 0.5) is 43.9 Å². The monoisotopic (exact) mass is 1880 g/mol. The van der Waals surface area contributed by atoms with Gasteiger partial charge in [-0.15, -0.1) is 24.0 Å². The molecule has 0 radical (unpaired) electrons. The van der Waals surface area contributed by atoms with Crippen molar-refractivity contribution in [3.63, 3.8) is 0 Å². The van der Waals surface area contributed by atoms with Gasteiger partial charge in [-0.05, 0) is 251 Å². The average Bonchev–Trinajstić information content (AvgIpc) is 1.36. The lowest BCUT2D eigenvalue weighted by atomic mass is 9.70. The molecule has 5 atom stereocenters. The first-order valence-electron chi connectivity index (χ1n) is 40.6. The van der Waals surface area contributed by atoms with Gasteiger partial charge in [-0.2, -0.15) is 0 Å². The molecule has 4 saturated carbocycles. The van der Waals surface area contributed by atoms with Gasteiger partial charge in [0, 0.05) is 75.8 Å². The molecule has 5 heterocycles. The average molecular weight is 1880 g/mol. The van der Waals surface area contributed by atoms with Crippen LogP contribution in [0.1, 0.15) is 210 Å². The van der Waals surface area contributed by atoms with Crippen molar-refractivity contribution in [2.75, 3.05) is 73.2 Å². The summed E-state index contributed by atoms with van der Waals surface area (Å²) in [5.41, 5.74) is 1.07. The van der Waals surface area contributed by atoms with E-state index in [1.807, 2.05) is 13.8 Å². The van der Waals surface area contributed by atoms with Gasteiger partial charge in [-0.1, -0.05) is 59.9 Å². The van der Waals surface area contributed by atoms with Crippen molar-refractivity contribution < 1.29 is 122 Å². The fraction of sp³-hybridized carbons (Fsp3) is 0.609. The van der Waals surface area contributed by atoms with Crippen LogP contribution < -0.4 is 4.74 Å². The van der Waals surface area contributed by atoms with Gasteiger partial charge < -0.3 is 77.6 Å². The Kier molecular flexibility index (Phi) is 36.6. The Morgan fingerprint density at radius 2 is 0.817 bits per heavy atom. The Morgan fingerprint density at radius 1 is 0.450 bits per heavy atom. The maximum atomic E-state index is 14.1. The lowest BCUT2D eigenvalue weighted by molar-refractivity contribution is -0.246. The Labute approximate surface area is 726 Å². The molecule has 672 valence electrons. The molecule has 16 nitrogen and oxygen atoms in total. The van der Waals surface area contributed by atoms with Crippen LogP contribution in [0.15, 0.2) is 94.5 Å². The number of methoxy groups -OCH3 is 1. The Bertz CT molecular complexity index is 4280. The standard InChI is InChI=1S/C18H24F2O4.C18H24F2O3.C18H22F2O3.C18H22F2O2.C11H18O3.C7H5BrF2O.2CH4.HI/c1-11-7-15(20)13(9-14(11)19)8-12(2)18(22)4-3-17(10-16(18)21)23-5-6-24-17;2*1-12-9-16(20)14(11-15(12)19)10-13(2)17(21)3-5-18(6-4-17)22-7-8-23-18;1-12(9-15-11-16(19)13(2)10-17(15)20)14-3-5-18(6-4-14)21-7-8-22-18;1-9(2)10(12)3-5-11(6-4-10)13-7-8-14-11;1-11-7-3-5(9)4(8)2-6(7)10;;;/h7,9,12,16,21-22H,3-6,8,10H2,1-2H3;9,11,13,21H,3-8,10H2,1-2H3;9-11,21H,3-8H2,1-2H3;3,10-12H,4-9H2,1-2H3;12H,1,3-8H2,2H3;2-3H,1H3;2*1H4;1H/b;;13-10+;;;;;;. The second kappa shape index (κ2) is 43.0. The van der Waals surface area contributed by atoms with Gasteiger partial charge in [-0.3, -0.25) is 0 Å². The Balaban J connectivity index is 0.000000201. The van der Waals surface area contributed by atoms with Crippen LogP contribution in [0.25, 0.3) is 6.08 Å². The van der Waals surface area contributed by atoms with Crippen molar-refractivity contribution in [2.24, 2.45) is 17.8 Å². The molecular weight excluding hydrogens is 1760 g/mol. The molecule has 15 rings (SSSR count). The molecular formula is C92H124BrF10IO16. The summed E-state index contributed by atoms with van der Waals surface area (Å²) in [6.45, 7) is 25.3. The first kappa shape index (κ1) is 102. The van der Waals surface area contributed by atoms with Crippen LogP contribution in [-0.4, -0.2) is 156 Å². The van der Waals surface area contributed by atoms with Gasteiger partial charge >= 0.3 is 0 Å². The fourth-order valence-corrected chi connectivity index (χ4v) is 17.5. The first-order valence-corrected chi connectivity index (χ1v) is 41.4. The van der Waals surface area contributed by atoms with Crippen molar-refractivity contribution in [3.8, 4) is 5.75 Å². The Morgan fingerprint density at radius 3 is 1.22 bits per heavy atom. The second-order valence-electron chi connectivity index (χ2n) is 33.4. The minimum Gasteiger partial charge on any atom is -0.494 e. The number of hydrogen-bond acceptors (Lipinski definition) is 16. The highest BCUT2D eigenvalue weighted by atomic mass is 127. The minimum atomic E-state index is -1.38. The van der Waals surface area contributed by atoms with Crippen molar-refractivity contribution in [1.82, 2.24) is 0 Å². The third kappa shape index (κ3) is 25.0. The van der Waals surface area contributed by atoms with E-state index in [0.717, 1.165) is 55.9 Å². The van der Waals surface area contributed by atoms with E-state index in [1.165, 1.54) is 75.1 Å². The summed E-state index contributed by atoms with van der Waals surface area (Å²) in [7, 11) is 1.28. The molecule has 0 amide bonds. The third-order valence-corrected chi connectivity index (χ3v) is 26.0. The van der Waals surface area contributed by atoms with E-state index in [2.05, 4.69) is 40.2 Å². The Hall–Kier alpha value is -4.97. The van der Waals surface area contributed by atoms with Gasteiger partial charge in [0.15, 0.2) is 40.5 Å². The molecule has 5 aromatic carbocycles. The van der Waals surface area contributed by atoms with Gasteiger partial charge in [0.2, 0.25) is 0 Å². The largest absolute Gasteiger partial charge is 0.494 e. The van der Waals surface area contributed by atoms with E-state index in [4.69, 9.17) is 47.4 Å². The van der Waals surface area contributed by atoms with E-state index in [1.54, 1.807) is 27.7 Å². The number of aliphatic hydroxyl groups excluding tert-OH is 1. The zero-order valence-corrected chi connectivity index (χ0v) is 73.1. The highest BCUT2D eigenvalue weighted by Crippen LogP contribution is 2.49. The van der Waals surface area contributed by atoms with Crippen LogP contribution in [0.5, 0.6) is 5.75 Å². The van der Waals surface area contributed by atoms with E-state index in [0.29, 0.717) is 177 Å². The van der Waals surface area contributed by atoms with Crippen LogP contribution in [-0.2, 0) is 66.6 Å². The number of halogens is 12. The van der Waals surface area contributed by atoms with Crippen LogP contribution in [0.3, 0.4) is 0 Å². The van der Waals surface area contributed by atoms with Crippen LogP contribution in [0.2, 0.25) is 0 Å². The number of ether oxygens (including phenoxy) is 11. The number of benzene rings is 5. The quantitative estimate of drug-likeness (QED) is 0.0322. The normalized spacial score (nSPS) is 25.2. The molecule has 5 aliphatic carbocycles. The summed E-state index contributed by atoms with van der Waals surface area (Å²) in [6, 6.07) is 11.8. The highest BCUT2D eigenvalue weighted by molar-refractivity contribution is 14.0. The zero-order valence-electron chi connectivity index (χ0n) is 69.2. The molecule has 5 spiro atoms. The third-order valence-electron chi connectivity index (χ3n) is 25.4. The maximum Gasteiger partial charge on any atom is 0.172 e. The topological polar surface area (TPSA) is 203 Å². The lowest BCUT2D eigenvalue weighted by Crippen LogP contribution is -2.57. The second-order valence-corrected chi connectivity index (χ2v) is 34.3. The van der Waals surface area contributed by atoms with Crippen molar-refractivity contribution in [2.45, 2.75) is 269 Å². The smallest absolute Gasteiger partial charge is 0.172 e. The molecule has 5 saturated heterocycles. The van der Waals surface area contributed by atoms with Crippen molar-refractivity contribution >= 4 is 46.0 Å². The van der Waals surface area contributed by atoms with E-state index < -0.39 is 104 Å². The molecule has 5 unspecified atom stereocenters. The first-order chi connectivity index (χ1) is 55.1. The number of rotatable bonds is 13. The van der Waals surface area contributed by atoms with Gasteiger partial charge in [-0.25, -0.2) is 43.9 Å².